The molecule has 1 aliphatic rings. The highest BCUT2D eigenvalue weighted by atomic mass is 35.5. The van der Waals surface area contributed by atoms with Crippen LogP contribution in [0.5, 0.6) is 0 Å². The predicted molar refractivity (Wildman–Crippen MR) is 65.8 cm³/mol. The zero-order valence-electron chi connectivity index (χ0n) is 9.28. The number of carbonyl (C=O) groups excluding carboxylic acids is 1. The van der Waals surface area contributed by atoms with Gasteiger partial charge in [0.25, 0.3) is 0 Å². The van der Waals surface area contributed by atoms with Crippen molar-refractivity contribution >= 4 is 34.5 Å². The first-order valence-electron chi connectivity index (χ1n) is 5.45. The van der Waals surface area contributed by atoms with Crippen molar-refractivity contribution in [2.75, 3.05) is 12.3 Å². The number of carbonyl (C=O) groups is 1. The Morgan fingerprint density at radius 2 is 2.33 bits per heavy atom. The maximum absolute atomic E-state index is 13.3. The van der Waals surface area contributed by atoms with E-state index in [1.54, 1.807) is 4.57 Å². The van der Waals surface area contributed by atoms with E-state index in [4.69, 9.17) is 17.3 Å². The van der Waals surface area contributed by atoms with Gasteiger partial charge in [0.2, 0.25) is 11.9 Å². The second kappa shape index (κ2) is 3.84. The Morgan fingerprint density at radius 1 is 1.56 bits per heavy atom. The summed E-state index contributed by atoms with van der Waals surface area (Å²) in [6.07, 6.45) is 0.338. The van der Waals surface area contributed by atoms with E-state index in [1.165, 1.54) is 12.1 Å². The van der Waals surface area contributed by atoms with Gasteiger partial charge in [-0.25, -0.2) is 9.37 Å². The van der Waals surface area contributed by atoms with Crippen molar-refractivity contribution in [1.29, 1.82) is 0 Å². The van der Waals surface area contributed by atoms with Crippen LogP contribution in [0.15, 0.2) is 12.1 Å². The number of amides is 1. The number of nitrogen functional groups attached to an aromatic ring is 1. The monoisotopic (exact) mass is 268 g/mol. The number of rotatable bonds is 1. The third-order valence-electron chi connectivity index (χ3n) is 3.08. The van der Waals surface area contributed by atoms with Crippen molar-refractivity contribution in [3.8, 4) is 0 Å². The van der Waals surface area contributed by atoms with Gasteiger partial charge in [-0.1, -0.05) is 11.6 Å². The summed E-state index contributed by atoms with van der Waals surface area (Å²) in [4.78, 5) is 15.3. The molecular formula is C11H10ClFN4O. The molecule has 3 N–H and O–H groups in total. The highest BCUT2D eigenvalue weighted by Gasteiger charge is 2.26. The van der Waals surface area contributed by atoms with Crippen molar-refractivity contribution in [3.05, 3.63) is 23.0 Å². The summed E-state index contributed by atoms with van der Waals surface area (Å²) in [5.41, 5.74) is 6.90. The summed E-state index contributed by atoms with van der Waals surface area (Å²) in [6, 6.07) is 2.62. The minimum Gasteiger partial charge on any atom is -0.369 e. The zero-order chi connectivity index (χ0) is 12.9. The highest BCUT2D eigenvalue weighted by Crippen LogP contribution is 2.29. The van der Waals surface area contributed by atoms with Crippen molar-refractivity contribution < 1.29 is 9.18 Å². The molecular weight excluding hydrogens is 259 g/mol. The van der Waals surface area contributed by atoms with E-state index in [0.29, 0.717) is 24.0 Å². The average molecular weight is 269 g/mol. The molecule has 1 fully saturated rings. The van der Waals surface area contributed by atoms with Crippen molar-refractivity contribution in [2.24, 2.45) is 0 Å². The van der Waals surface area contributed by atoms with E-state index in [1.807, 2.05) is 0 Å². The third-order valence-corrected chi connectivity index (χ3v) is 3.37. The molecule has 1 unspecified atom stereocenters. The number of nitrogens with two attached hydrogens (primary N) is 1. The number of benzene rings is 1. The Hall–Kier alpha value is -1.82. The molecule has 0 radical (unpaired) electrons. The quantitative estimate of drug-likeness (QED) is 0.823. The van der Waals surface area contributed by atoms with Crippen LogP contribution in [0.4, 0.5) is 10.3 Å². The lowest BCUT2D eigenvalue weighted by Gasteiger charge is -2.12. The number of nitrogens with zero attached hydrogens (tertiary/aromatic N) is 2. The van der Waals surface area contributed by atoms with Crippen LogP contribution in [0, 0.1) is 5.82 Å². The molecule has 0 aliphatic carbocycles. The molecule has 1 aromatic heterocycles. The molecule has 2 heterocycles. The van der Waals surface area contributed by atoms with Crippen LogP contribution in [-0.4, -0.2) is 22.0 Å². The molecule has 7 heteroatoms. The number of nitrogens with one attached hydrogen (secondary N) is 1. The molecule has 0 bridgehead atoms. The van der Waals surface area contributed by atoms with Crippen LogP contribution in [-0.2, 0) is 4.79 Å². The van der Waals surface area contributed by atoms with Gasteiger partial charge < -0.3 is 15.6 Å². The lowest BCUT2D eigenvalue weighted by molar-refractivity contribution is -0.119. The second-order valence-electron chi connectivity index (χ2n) is 4.26. The predicted octanol–water partition coefficient (Wildman–Crippen LogP) is 1.47. The molecule has 5 nitrogen and oxygen atoms in total. The summed E-state index contributed by atoms with van der Waals surface area (Å²) in [5, 5.41) is 2.74. The molecule has 0 saturated carbocycles. The zero-order valence-corrected chi connectivity index (χ0v) is 10.0. The fraction of sp³-hybridized carbons (Fsp3) is 0.273. The molecule has 0 spiro atoms. The molecule has 94 valence electrons. The Labute approximate surface area is 107 Å². The van der Waals surface area contributed by atoms with E-state index in [-0.39, 0.29) is 22.9 Å². The largest absolute Gasteiger partial charge is 0.369 e. The SMILES string of the molecule is Nc1nc2cc(F)c(Cl)cc2n1C1CNC(=O)C1. The van der Waals surface area contributed by atoms with Crippen molar-refractivity contribution in [1.82, 2.24) is 14.9 Å². The minimum absolute atomic E-state index is 0.0148. The Bertz CT molecular complexity index is 654. The molecule has 1 saturated heterocycles. The fourth-order valence-corrected chi connectivity index (χ4v) is 2.42. The Morgan fingerprint density at radius 3 is 3.00 bits per heavy atom. The van der Waals surface area contributed by atoms with Crippen molar-refractivity contribution in [3.63, 3.8) is 0 Å². The van der Waals surface area contributed by atoms with Crippen LogP contribution in [0.3, 0.4) is 0 Å². The molecule has 18 heavy (non-hydrogen) atoms. The van der Waals surface area contributed by atoms with Crippen LogP contribution < -0.4 is 11.1 Å². The normalized spacial score (nSPS) is 19.4. The number of halogens is 2. The Balaban J connectivity index is 2.19. The number of hydrogen-bond donors (Lipinski definition) is 2. The standard InChI is InChI=1S/C11H10ClFN4O/c12-6-2-9-8(3-7(6)13)16-11(14)17(9)5-1-10(18)15-4-5/h2-3,5H,1,4H2,(H2,14,16)(H,15,18). The van der Waals surface area contributed by atoms with Gasteiger partial charge in [-0.2, -0.15) is 0 Å². The number of anilines is 1. The van der Waals surface area contributed by atoms with Gasteiger partial charge in [0, 0.05) is 19.0 Å². The lowest BCUT2D eigenvalue weighted by Crippen LogP contribution is -2.16. The van der Waals surface area contributed by atoms with Gasteiger partial charge in [-0.3, -0.25) is 4.79 Å². The highest BCUT2D eigenvalue weighted by molar-refractivity contribution is 6.31. The first kappa shape index (κ1) is 11.3. The summed E-state index contributed by atoms with van der Waals surface area (Å²) in [7, 11) is 0. The van der Waals surface area contributed by atoms with Gasteiger partial charge in [-0.05, 0) is 6.07 Å². The number of imidazole rings is 1. The van der Waals surface area contributed by atoms with Gasteiger partial charge in [0.1, 0.15) is 5.82 Å². The smallest absolute Gasteiger partial charge is 0.222 e. The van der Waals surface area contributed by atoms with Crippen LogP contribution >= 0.6 is 11.6 Å². The summed E-state index contributed by atoms with van der Waals surface area (Å²) in [6.45, 7) is 0.490. The number of aromatic nitrogens is 2. The third kappa shape index (κ3) is 1.60. The molecule has 2 aromatic rings. The summed E-state index contributed by atoms with van der Waals surface area (Å²) in [5.74, 6) is -0.308. The second-order valence-corrected chi connectivity index (χ2v) is 4.66. The van der Waals surface area contributed by atoms with E-state index < -0.39 is 5.82 Å². The van der Waals surface area contributed by atoms with E-state index in [0.717, 1.165) is 0 Å². The van der Waals surface area contributed by atoms with Crippen LogP contribution in [0.25, 0.3) is 11.0 Å². The van der Waals surface area contributed by atoms with Crippen molar-refractivity contribution in [2.45, 2.75) is 12.5 Å². The van der Waals surface area contributed by atoms with Gasteiger partial charge >= 0.3 is 0 Å². The maximum atomic E-state index is 13.3. The molecule has 3 rings (SSSR count). The number of hydrogen-bond acceptors (Lipinski definition) is 3. The molecule has 1 aliphatic heterocycles. The van der Waals surface area contributed by atoms with Crippen LogP contribution in [0.2, 0.25) is 5.02 Å². The summed E-state index contributed by atoms with van der Waals surface area (Å²) >= 11 is 5.76. The fourth-order valence-electron chi connectivity index (χ4n) is 2.27. The number of fused-ring (bicyclic) bond motifs is 1. The first-order valence-corrected chi connectivity index (χ1v) is 5.83. The van der Waals surface area contributed by atoms with E-state index in [9.17, 15) is 9.18 Å². The summed E-state index contributed by atoms with van der Waals surface area (Å²) < 4.78 is 15.1. The topological polar surface area (TPSA) is 72.9 Å². The van der Waals surface area contributed by atoms with Gasteiger partial charge in [0.15, 0.2) is 0 Å². The first-order chi connectivity index (χ1) is 8.56. The van der Waals surface area contributed by atoms with Gasteiger partial charge in [-0.15, -0.1) is 0 Å². The lowest BCUT2D eigenvalue weighted by atomic mass is 10.2. The molecule has 1 aromatic carbocycles. The van der Waals surface area contributed by atoms with Gasteiger partial charge in [0.05, 0.1) is 22.1 Å². The molecule has 1 amide bonds. The Kier molecular flexibility index (Phi) is 2.41. The average Bonchev–Trinajstić information content (AvgIpc) is 2.83. The maximum Gasteiger partial charge on any atom is 0.222 e. The minimum atomic E-state index is -0.533. The van der Waals surface area contributed by atoms with Crippen LogP contribution in [0.1, 0.15) is 12.5 Å². The van der Waals surface area contributed by atoms with E-state index >= 15 is 0 Å². The van der Waals surface area contributed by atoms with E-state index in [2.05, 4.69) is 10.3 Å². The molecule has 1 atom stereocenters.